The number of carboxylic acid groups (broad SMARTS) is 2. The van der Waals surface area contributed by atoms with Crippen molar-refractivity contribution in [3.05, 3.63) is 35.9 Å². The number of aliphatic hydroxyl groups is 1. The molecular formula is C11H10O10. The van der Waals surface area contributed by atoms with Gasteiger partial charge >= 0.3 is 23.3 Å². The van der Waals surface area contributed by atoms with Crippen LogP contribution in [0.5, 0.6) is 0 Å². The predicted octanol–water partition coefficient (Wildman–Crippen LogP) is -0.555. The van der Waals surface area contributed by atoms with Gasteiger partial charge in [0.2, 0.25) is 5.78 Å². The highest BCUT2D eigenvalue weighted by atomic mass is 17.2. The van der Waals surface area contributed by atoms with Gasteiger partial charge in [0.15, 0.2) is 0 Å². The summed E-state index contributed by atoms with van der Waals surface area (Å²) in [5.74, 6) is -10.7. The van der Waals surface area contributed by atoms with Crippen LogP contribution in [0.2, 0.25) is 0 Å². The van der Waals surface area contributed by atoms with Crippen molar-refractivity contribution >= 4 is 17.7 Å². The molecule has 0 spiro atoms. The number of Topliss-reactive ketones (excluding diaryl/α,β-unsaturated/α-hetero) is 1. The van der Waals surface area contributed by atoms with Gasteiger partial charge in [-0.1, -0.05) is 30.3 Å². The summed E-state index contributed by atoms with van der Waals surface area (Å²) >= 11 is 0. The molecule has 0 aliphatic rings. The van der Waals surface area contributed by atoms with E-state index in [0.717, 1.165) is 12.1 Å². The maximum Gasteiger partial charge on any atom is 0.371 e. The van der Waals surface area contributed by atoms with Crippen LogP contribution in [0.15, 0.2) is 30.3 Å². The van der Waals surface area contributed by atoms with Gasteiger partial charge in [0.05, 0.1) is 0 Å². The Labute approximate surface area is 116 Å². The lowest BCUT2D eigenvalue weighted by atomic mass is 9.84. The monoisotopic (exact) mass is 302 g/mol. The number of ketones is 1. The van der Waals surface area contributed by atoms with Crippen molar-refractivity contribution in [3.8, 4) is 0 Å². The number of hydrogen-bond acceptors (Lipinski definition) is 8. The maximum absolute atomic E-state index is 12.2. The molecule has 1 aromatic rings. The topological polar surface area (TPSA) is 171 Å². The van der Waals surface area contributed by atoms with Crippen LogP contribution in [-0.2, 0) is 19.4 Å². The number of aliphatic carboxylic acids is 2. The van der Waals surface area contributed by atoms with Crippen LogP contribution in [0.25, 0.3) is 0 Å². The molecule has 1 rings (SSSR count). The highest BCUT2D eigenvalue weighted by molar-refractivity contribution is 6.18. The summed E-state index contributed by atoms with van der Waals surface area (Å²) in [7, 11) is 0. The van der Waals surface area contributed by atoms with Gasteiger partial charge in [0.1, 0.15) is 0 Å². The van der Waals surface area contributed by atoms with Gasteiger partial charge in [-0.2, -0.15) is 4.89 Å². The molecule has 10 heteroatoms. The van der Waals surface area contributed by atoms with E-state index in [1.807, 2.05) is 0 Å². The van der Waals surface area contributed by atoms with Crippen molar-refractivity contribution in [2.75, 3.05) is 0 Å². The van der Waals surface area contributed by atoms with Crippen LogP contribution in [-0.4, -0.2) is 54.9 Å². The summed E-state index contributed by atoms with van der Waals surface area (Å²) in [5, 5.41) is 44.8. The van der Waals surface area contributed by atoms with Crippen LogP contribution in [0, 0.1) is 0 Å². The lowest BCUT2D eigenvalue weighted by molar-refractivity contribution is -0.444. The average molecular weight is 302 g/mol. The third-order valence-electron chi connectivity index (χ3n) is 2.69. The van der Waals surface area contributed by atoms with Crippen LogP contribution < -0.4 is 0 Å². The van der Waals surface area contributed by atoms with Crippen LogP contribution in [0.4, 0.5) is 0 Å². The first-order chi connectivity index (χ1) is 9.77. The smallest absolute Gasteiger partial charge is 0.371 e. The molecule has 114 valence electrons. The fraction of sp³-hybridized carbons (Fsp3) is 0.182. The van der Waals surface area contributed by atoms with E-state index in [1.54, 1.807) is 0 Å². The first-order valence-corrected chi connectivity index (χ1v) is 5.22. The molecule has 21 heavy (non-hydrogen) atoms. The van der Waals surface area contributed by atoms with Crippen molar-refractivity contribution < 1.29 is 50.0 Å². The Bertz CT molecular complexity index is 555. The zero-order valence-corrected chi connectivity index (χ0v) is 10.2. The molecule has 2 atom stereocenters. The number of carboxylic acids is 2. The summed E-state index contributed by atoms with van der Waals surface area (Å²) in [5.41, 5.74) is -4.28. The minimum absolute atomic E-state index is 0.425. The first kappa shape index (κ1) is 16.7. The van der Waals surface area contributed by atoms with Crippen molar-refractivity contribution in [2.45, 2.75) is 11.4 Å². The first-order valence-electron chi connectivity index (χ1n) is 5.22. The van der Waals surface area contributed by atoms with E-state index >= 15 is 0 Å². The van der Waals surface area contributed by atoms with E-state index in [1.165, 1.54) is 18.2 Å². The van der Waals surface area contributed by atoms with E-state index in [0.29, 0.717) is 0 Å². The number of benzene rings is 1. The molecule has 0 aliphatic carbocycles. The van der Waals surface area contributed by atoms with Crippen molar-refractivity contribution in [1.29, 1.82) is 0 Å². The normalized spacial score (nSPS) is 16.5. The molecular weight excluding hydrogens is 292 g/mol. The maximum atomic E-state index is 12.2. The lowest BCUT2D eigenvalue weighted by Gasteiger charge is -2.33. The van der Waals surface area contributed by atoms with E-state index in [2.05, 4.69) is 9.78 Å². The van der Waals surface area contributed by atoms with Crippen molar-refractivity contribution in [2.24, 2.45) is 0 Å². The Kier molecular flexibility index (Phi) is 4.73. The highest BCUT2D eigenvalue weighted by Gasteiger charge is 2.71. The van der Waals surface area contributed by atoms with E-state index in [4.69, 9.17) is 20.7 Å². The van der Waals surface area contributed by atoms with Gasteiger partial charge in [-0.3, -0.25) is 4.79 Å². The Balaban J connectivity index is 3.59. The molecule has 0 aliphatic heterocycles. The molecule has 0 fully saturated rings. The average Bonchev–Trinajstić information content (AvgIpc) is 2.48. The minimum atomic E-state index is -4.10. The molecule has 0 saturated carbocycles. The van der Waals surface area contributed by atoms with Crippen LogP contribution in [0.3, 0.4) is 0 Å². The van der Waals surface area contributed by atoms with E-state index in [-0.39, 0.29) is 0 Å². The highest BCUT2D eigenvalue weighted by Crippen LogP contribution is 2.31. The largest absolute Gasteiger partial charge is 0.478 e. The summed E-state index contributed by atoms with van der Waals surface area (Å²) in [6.07, 6.45) is 0. The van der Waals surface area contributed by atoms with Gasteiger partial charge in [-0.15, -0.1) is 0 Å². The van der Waals surface area contributed by atoms with Gasteiger partial charge < -0.3 is 15.3 Å². The fourth-order valence-corrected chi connectivity index (χ4v) is 1.59. The summed E-state index contributed by atoms with van der Waals surface area (Å²) < 4.78 is 0. The zero-order chi connectivity index (χ0) is 16.3. The number of hydrogen-bond donors (Lipinski definition) is 5. The molecule has 0 saturated heterocycles. The second-order valence-electron chi connectivity index (χ2n) is 3.81. The SMILES string of the molecule is O=C(O)C(O)(OO)C(OO)(C(=O)O)C(=O)c1ccccc1. The molecule has 2 unspecified atom stereocenters. The van der Waals surface area contributed by atoms with Gasteiger partial charge in [0.25, 0.3) is 0 Å². The summed E-state index contributed by atoms with van der Waals surface area (Å²) in [6.45, 7) is 0. The molecule has 0 bridgehead atoms. The van der Waals surface area contributed by atoms with Gasteiger partial charge in [-0.25, -0.2) is 25.0 Å². The molecule has 10 nitrogen and oxygen atoms in total. The standard InChI is InChI=1S/C11H10O10/c12-7(6-4-2-1-3-5-6)10(20-18,8(13)14)11(17,21-19)9(15)16/h1-5,17-19H,(H,13,14)(H,15,16). The van der Waals surface area contributed by atoms with E-state index < -0.39 is 34.7 Å². The fourth-order valence-electron chi connectivity index (χ4n) is 1.59. The minimum Gasteiger partial charge on any atom is -0.478 e. The van der Waals surface area contributed by atoms with Gasteiger partial charge in [0, 0.05) is 5.56 Å². The molecule has 1 aromatic carbocycles. The second kappa shape index (κ2) is 5.95. The molecule has 5 N–H and O–H groups in total. The number of rotatable bonds is 7. The Morgan fingerprint density at radius 2 is 1.43 bits per heavy atom. The van der Waals surface area contributed by atoms with Gasteiger partial charge in [-0.05, 0) is 0 Å². The Morgan fingerprint density at radius 1 is 0.905 bits per heavy atom. The third-order valence-corrected chi connectivity index (χ3v) is 2.69. The number of carbonyl (C=O) groups excluding carboxylic acids is 1. The molecule has 0 amide bonds. The van der Waals surface area contributed by atoms with Crippen LogP contribution >= 0.6 is 0 Å². The third kappa shape index (κ3) is 2.37. The Hall–Kier alpha value is -2.37. The Morgan fingerprint density at radius 3 is 1.76 bits per heavy atom. The zero-order valence-electron chi connectivity index (χ0n) is 10.2. The molecule has 0 radical (unpaired) electrons. The van der Waals surface area contributed by atoms with E-state index in [9.17, 15) is 19.5 Å². The predicted molar refractivity (Wildman–Crippen MR) is 61.2 cm³/mol. The molecule has 0 heterocycles. The van der Waals surface area contributed by atoms with Crippen LogP contribution in [0.1, 0.15) is 10.4 Å². The molecule has 0 aromatic heterocycles. The summed E-state index contributed by atoms with van der Waals surface area (Å²) in [6, 6.07) is 6.20. The number of carbonyl (C=O) groups is 3. The van der Waals surface area contributed by atoms with Crippen molar-refractivity contribution in [3.63, 3.8) is 0 Å². The summed E-state index contributed by atoms with van der Waals surface area (Å²) in [4.78, 5) is 41.1. The van der Waals surface area contributed by atoms with Crippen molar-refractivity contribution in [1.82, 2.24) is 0 Å². The quantitative estimate of drug-likeness (QED) is 0.144. The second-order valence-corrected chi connectivity index (χ2v) is 3.81. The lowest BCUT2D eigenvalue weighted by Crippen LogP contribution is -2.70.